The number of rotatable bonds is 6. The second-order valence-electron chi connectivity index (χ2n) is 3.65. The van der Waals surface area contributed by atoms with Crippen molar-refractivity contribution in [2.45, 2.75) is 19.1 Å². The van der Waals surface area contributed by atoms with E-state index in [2.05, 4.69) is 12.2 Å². The van der Waals surface area contributed by atoms with E-state index in [1.807, 2.05) is 31.2 Å². The Hall–Kier alpha value is -1.16. The lowest BCUT2D eigenvalue weighted by Gasteiger charge is -2.14. The van der Waals surface area contributed by atoms with Crippen LogP contribution in [0.5, 0.6) is 5.75 Å². The van der Waals surface area contributed by atoms with Crippen LogP contribution in [0, 0.1) is 0 Å². The minimum Gasteiger partial charge on any atom is -0.496 e. The van der Waals surface area contributed by atoms with Gasteiger partial charge in [-0.3, -0.25) is 4.79 Å². The van der Waals surface area contributed by atoms with Crippen molar-refractivity contribution >= 4 is 17.7 Å². The summed E-state index contributed by atoms with van der Waals surface area (Å²) in [4.78, 5) is 11.4. The lowest BCUT2D eigenvalue weighted by molar-refractivity contribution is -0.118. The number of thioether (sulfide) groups is 1. The largest absolute Gasteiger partial charge is 0.496 e. The molecule has 1 amide bonds. The number of hydrogen-bond acceptors (Lipinski definition) is 3. The first-order chi connectivity index (χ1) is 8.19. The highest BCUT2D eigenvalue weighted by Crippen LogP contribution is 2.33. The average Bonchev–Trinajstić information content (AvgIpc) is 2.36. The lowest BCUT2D eigenvalue weighted by Crippen LogP contribution is -2.24. The van der Waals surface area contributed by atoms with Gasteiger partial charge in [-0.25, -0.2) is 0 Å². The molecule has 0 bridgehead atoms. The first kappa shape index (κ1) is 13.9. The maximum Gasteiger partial charge on any atom is 0.230 e. The second-order valence-corrected chi connectivity index (χ2v) is 4.98. The molecule has 17 heavy (non-hydrogen) atoms. The van der Waals surface area contributed by atoms with E-state index in [0.717, 1.165) is 11.3 Å². The van der Waals surface area contributed by atoms with Gasteiger partial charge in [0.25, 0.3) is 0 Å². The lowest BCUT2D eigenvalue weighted by atomic mass is 10.1. The van der Waals surface area contributed by atoms with Crippen molar-refractivity contribution in [1.29, 1.82) is 0 Å². The fourth-order valence-corrected chi connectivity index (χ4v) is 2.42. The molecular weight excluding hydrogens is 234 g/mol. The van der Waals surface area contributed by atoms with Gasteiger partial charge in [-0.1, -0.05) is 18.2 Å². The van der Waals surface area contributed by atoms with Gasteiger partial charge in [-0.2, -0.15) is 0 Å². The van der Waals surface area contributed by atoms with Gasteiger partial charge in [0.2, 0.25) is 5.91 Å². The molecule has 0 fully saturated rings. The van der Waals surface area contributed by atoms with E-state index in [1.165, 1.54) is 0 Å². The van der Waals surface area contributed by atoms with Gasteiger partial charge in [0, 0.05) is 17.4 Å². The van der Waals surface area contributed by atoms with Crippen molar-refractivity contribution in [3.63, 3.8) is 0 Å². The van der Waals surface area contributed by atoms with Crippen molar-refractivity contribution in [1.82, 2.24) is 5.32 Å². The van der Waals surface area contributed by atoms with Crippen LogP contribution in [-0.2, 0) is 4.79 Å². The van der Waals surface area contributed by atoms with Gasteiger partial charge in [0.15, 0.2) is 0 Å². The SMILES string of the molecule is CCNC(=O)CSC(C)c1ccccc1OC. The summed E-state index contributed by atoms with van der Waals surface area (Å²) in [5, 5.41) is 3.03. The molecule has 0 heterocycles. The standard InChI is InChI=1S/C13H19NO2S/c1-4-14-13(15)9-17-10(2)11-7-5-6-8-12(11)16-3/h5-8,10H,4,9H2,1-3H3,(H,14,15). The number of amides is 1. The Bertz CT molecular complexity index is 368. The third-order valence-corrected chi connectivity index (χ3v) is 3.60. The van der Waals surface area contributed by atoms with E-state index in [4.69, 9.17) is 4.74 Å². The molecule has 0 aliphatic heterocycles. The molecule has 0 aliphatic carbocycles. The van der Waals surface area contributed by atoms with Crippen LogP contribution in [0.1, 0.15) is 24.7 Å². The third kappa shape index (κ3) is 4.30. The predicted molar refractivity (Wildman–Crippen MR) is 72.6 cm³/mol. The van der Waals surface area contributed by atoms with Crippen LogP contribution < -0.4 is 10.1 Å². The molecule has 1 aromatic rings. The van der Waals surface area contributed by atoms with E-state index in [1.54, 1.807) is 18.9 Å². The molecular formula is C13H19NO2S. The second kappa shape index (κ2) is 7.22. The van der Waals surface area contributed by atoms with E-state index >= 15 is 0 Å². The summed E-state index contributed by atoms with van der Waals surface area (Å²) in [6, 6.07) is 7.91. The molecule has 0 saturated heterocycles. The van der Waals surface area contributed by atoms with Crippen LogP contribution in [0.15, 0.2) is 24.3 Å². The quantitative estimate of drug-likeness (QED) is 0.847. The minimum atomic E-state index is 0.0826. The van der Waals surface area contributed by atoms with Crippen LogP contribution in [0.2, 0.25) is 0 Å². The molecule has 4 heteroatoms. The summed E-state index contributed by atoms with van der Waals surface area (Å²) in [5.41, 5.74) is 1.13. The first-order valence-electron chi connectivity index (χ1n) is 5.70. The predicted octanol–water partition coefficient (Wildman–Crippen LogP) is 2.63. The van der Waals surface area contributed by atoms with Crippen molar-refractivity contribution in [2.75, 3.05) is 19.4 Å². The van der Waals surface area contributed by atoms with Crippen molar-refractivity contribution in [3.8, 4) is 5.75 Å². The number of methoxy groups -OCH3 is 1. The molecule has 1 atom stereocenters. The Morgan fingerprint density at radius 1 is 1.47 bits per heavy atom. The maximum absolute atomic E-state index is 11.4. The van der Waals surface area contributed by atoms with Crippen LogP contribution in [0.4, 0.5) is 0 Å². The van der Waals surface area contributed by atoms with E-state index in [0.29, 0.717) is 12.3 Å². The van der Waals surface area contributed by atoms with Crippen molar-refractivity contribution in [3.05, 3.63) is 29.8 Å². The minimum absolute atomic E-state index is 0.0826. The van der Waals surface area contributed by atoms with Gasteiger partial charge in [-0.15, -0.1) is 11.8 Å². The molecule has 0 spiro atoms. The topological polar surface area (TPSA) is 38.3 Å². The summed E-state index contributed by atoms with van der Waals surface area (Å²) in [7, 11) is 1.67. The zero-order valence-corrected chi connectivity index (χ0v) is 11.3. The highest BCUT2D eigenvalue weighted by Gasteiger charge is 2.12. The highest BCUT2D eigenvalue weighted by atomic mass is 32.2. The van der Waals surface area contributed by atoms with E-state index in [-0.39, 0.29) is 11.2 Å². The number of carbonyl (C=O) groups excluding carboxylic acids is 1. The molecule has 0 aliphatic rings. The fraction of sp³-hybridized carbons (Fsp3) is 0.462. The monoisotopic (exact) mass is 253 g/mol. The summed E-state index contributed by atoms with van der Waals surface area (Å²) in [5.74, 6) is 1.44. The Morgan fingerprint density at radius 2 is 2.18 bits per heavy atom. The summed E-state index contributed by atoms with van der Waals surface area (Å²) in [6.45, 7) is 4.69. The first-order valence-corrected chi connectivity index (χ1v) is 6.75. The molecule has 0 saturated carbocycles. The normalized spacial score (nSPS) is 11.9. The Kier molecular flexibility index (Phi) is 5.91. The molecule has 1 N–H and O–H groups in total. The smallest absolute Gasteiger partial charge is 0.230 e. The molecule has 1 rings (SSSR count). The summed E-state index contributed by atoms with van der Waals surface area (Å²) in [6.07, 6.45) is 0. The fourth-order valence-electron chi connectivity index (χ4n) is 1.54. The summed E-state index contributed by atoms with van der Waals surface area (Å²) >= 11 is 1.62. The molecule has 3 nitrogen and oxygen atoms in total. The van der Waals surface area contributed by atoms with Crippen LogP contribution in [0.25, 0.3) is 0 Å². The number of benzene rings is 1. The van der Waals surface area contributed by atoms with Gasteiger partial charge in [0.1, 0.15) is 5.75 Å². The van der Waals surface area contributed by atoms with E-state index in [9.17, 15) is 4.79 Å². The Balaban J connectivity index is 2.57. The molecule has 0 aromatic heterocycles. The number of ether oxygens (including phenoxy) is 1. The maximum atomic E-state index is 11.4. The average molecular weight is 253 g/mol. The van der Waals surface area contributed by atoms with Gasteiger partial charge in [0.05, 0.1) is 12.9 Å². The van der Waals surface area contributed by atoms with Gasteiger partial charge in [-0.05, 0) is 19.9 Å². The number of para-hydroxylation sites is 1. The van der Waals surface area contributed by atoms with Gasteiger partial charge >= 0.3 is 0 Å². The van der Waals surface area contributed by atoms with Gasteiger partial charge < -0.3 is 10.1 Å². The van der Waals surface area contributed by atoms with Crippen LogP contribution in [-0.4, -0.2) is 25.3 Å². The number of nitrogens with one attached hydrogen (secondary N) is 1. The zero-order chi connectivity index (χ0) is 12.7. The Labute approximate surface area is 107 Å². The van der Waals surface area contributed by atoms with Crippen molar-refractivity contribution in [2.24, 2.45) is 0 Å². The third-order valence-electron chi connectivity index (χ3n) is 2.42. The van der Waals surface area contributed by atoms with Crippen LogP contribution in [0.3, 0.4) is 0 Å². The highest BCUT2D eigenvalue weighted by molar-refractivity contribution is 8.00. The molecule has 0 radical (unpaired) electrons. The number of hydrogen-bond donors (Lipinski definition) is 1. The molecule has 1 unspecified atom stereocenters. The molecule has 94 valence electrons. The van der Waals surface area contributed by atoms with Crippen LogP contribution >= 0.6 is 11.8 Å². The Morgan fingerprint density at radius 3 is 2.82 bits per heavy atom. The van der Waals surface area contributed by atoms with E-state index < -0.39 is 0 Å². The number of carbonyl (C=O) groups is 1. The molecule has 1 aromatic carbocycles. The zero-order valence-electron chi connectivity index (χ0n) is 10.5. The van der Waals surface area contributed by atoms with Crippen molar-refractivity contribution < 1.29 is 9.53 Å². The summed E-state index contributed by atoms with van der Waals surface area (Å²) < 4.78 is 5.31.